The van der Waals surface area contributed by atoms with Crippen molar-refractivity contribution in [3.8, 4) is 0 Å². The van der Waals surface area contributed by atoms with Gasteiger partial charge in [-0.25, -0.2) is 0 Å². The van der Waals surface area contributed by atoms with Gasteiger partial charge < -0.3 is 15.7 Å². The Labute approximate surface area is 106 Å². The van der Waals surface area contributed by atoms with E-state index in [0.29, 0.717) is 12.2 Å². The van der Waals surface area contributed by atoms with Crippen LogP contribution in [0.3, 0.4) is 0 Å². The van der Waals surface area contributed by atoms with Gasteiger partial charge in [-0.15, -0.1) is 0 Å². The van der Waals surface area contributed by atoms with Crippen LogP contribution in [-0.2, 0) is 9.53 Å². The van der Waals surface area contributed by atoms with E-state index in [1.54, 1.807) is 25.1 Å². The third-order valence-corrected chi connectivity index (χ3v) is 2.21. The normalized spacial score (nSPS) is 11.7. The molecule has 96 valence electrons. The zero-order valence-electron chi connectivity index (χ0n) is 10.2. The molecule has 0 saturated heterocycles. The van der Waals surface area contributed by atoms with Crippen molar-refractivity contribution in [2.45, 2.75) is 13.3 Å². The van der Waals surface area contributed by atoms with E-state index in [2.05, 4.69) is 5.16 Å². The number of oxime groups is 1. The molecule has 0 heterocycles. The van der Waals surface area contributed by atoms with Crippen molar-refractivity contribution in [2.24, 2.45) is 10.9 Å². The van der Waals surface area contributed by atoms with Crippen molar-refractivity contribution in [3.05, 3.63) is 41.5 Å². The second kappa shape index (κ2) is 7.11. The summed E-state index contributed by atoms with van der Waals surface area (Å²) in [6.45, 7) is 2.16. The lowest BCUT2D eigenvalue weighted by molar-refractivity contribution is -0.142. The molecule has 18 heavy (non-hydrogen) atoms. The minimum Gasteiger partial charge on any atom is -0.466 e. The number of benzene rings is 1. The Kier molecular flexibility index (Phi) is 5.44. The van der Waals surface area contributed by atoms with Crippen molar-refractivity contribution in [2.75, 3.05) is 6.61 Å². The maximum atomic E-state index is 11.1. The maximum absolute atomic E-state index is 11.1. The van der Waals surface area contributed by atoms with Crippen molar-refractivity contribution in [1.82, 2.24) is 0 Å². The van der Waals surface area contributed by atoms with Gasteiger partial charge in [-0.3, -0.25) is 4.79 Å². The molecule has 0 aliphatic carbocycles. The Morgan fingerprint density at radius 2 is 2.11 bits per heavy atom. The highest BCUT2D eigenvalue weighted by Gasteiger charge is 1.98. The number of esters is 1. The Balaban J connectivity index is 2.58. The number of ether oxygens (including phenoxy) is 1. The molecule has 1 aromatic rings. The minimum absolute atomic E-state index is 0.0667. The molecule has 0 aliphatic rings. The van der Waals surface area contributed by atoms with Crippen LogP contribution in [0.5, 0.6) is 0 Å². The summed E-state index contributed by atoms with van der Waals surface area (Å²) in [4.78, 5) is 11.1. The SMILES string of the molecule is CCOC(=O)CC=Cc1ccc(C(N)=NO)cc1. The minimum atomic E-state index is -0.248. The Bertz CT molecular complexity index is 450. The molecule has 1 rings (SSSR count). The van der Waals surface area contributed by atoms with Crippen molar-refractivity contribution >= 4 is 17.9 Å². The highest BCUT2D eigenvalue weighted by Crippen LogP contribution is 2.06. The average molecular weight is 248 g/mol. The molecule has 0 amide bonds. The molecule has 3 N–H and O–H groups in total. The second-order valence-corrected chi connectivity index (χ2v) is 3.52. The molecule has 5 nitrogen and oxygen atoms in total. The van der Waals surface area contributed by atoms with Crippen LogP contribution in [-0.4, -0.2) is 23.6 Å². The number of carbonyl (C=O) groups is 1. The van der Waals surface area contributed by atoms with Gasteiger partial charge in [0.25, 0.3) is 0 Å². The molecule has 0 bridgehead atoms. The quantitative estimate of drug-likeness (QED) is 0.273. The van der Waals surface area contributed by atoms with E-state index < -0.39 is 0 Å². The number of nitrogens with zero attached hydrogens (tertiary/aromatic N) is 1. The van der Waals surface area contributed by atoms with Gasteiger partial charge in [-0.1, -0.05) is 41.6 Å². The Hall–Kier alpha value is -2.30. The summed E-state index contributed by atoms with van der Waals surface area (Å²) in [5, 5.41) is 11.4. The van der Waals surface area contributed by atoms with E-state index in [4.69, 9.17) is 15.7 Å². The van der Waals surface area contributed by atoms with Gasteiger partial charge in [0.2, 0.25) is 0 Å². The van der Waals surface area contributed by atoms with Crippen LogP contribution in [0.2, 0.25) is 0 Å². The monoisotopic (exact) mass is 248 g/mol. The zero-order valence-corrected chi connectivity index (χ0v) is 10.2. The first-order valence-electron chi connectivity index (χ1n) is 5.57. The molecule has 0 unspecified atom stereocenters. The van der Waals surface area contributed by atoms with Gasteiger partial charge >= 0.3 is 5.97 Å². The van der Waals surface area contributed by atoms with Crippen LogP contribution in [0.25, 0.3) is 6.08 Å². The first-order valence-corrected chi connectivity index (χ1v) is 5.57. The number of amidine groups is 1. The van der Waals surface area contributed by atoms with E-state index in [0.717, 1.165) is 5.56 Å². The molecule has 5 heteroatoms. The molecule has 0 atom stereocenters. The smallest absolute Gasteiger partial charge is 0.309 e. The van der Waals surface area contributed by atoms with Crippen LogP contribution < -0.4 is 5.73 Å². The Morgan fingerprint density at radius 3 is 2.67 bits per heavy atom. The summed E-state index contributed by atoms with van der Waals surface area (Å²) in [6.07, 6.45) is 3.79. The summed E-state index contributed by atoms with van der Waals surface area (Å²) in [7, 11) is 0. The van der Waals surface area contributed by atoms with E-state index in [1.807, 2.05) is 18.2 Å². The number of rotatable bonds is 5. The summed E-state index contributed by atoms with van der Waals surface area (Å²) < 4.78 is 4.79. The number of hydrogen-bond donors (Lipinski definition) is 2. The van der Waals surface area contributed by atoms with Crippen LogP contribution in [0.1, 0.15) is 24.5 Å². The predicted molar refractivity (Wildman–Crippen MR) is 69.2 cm³/mol. The topological polar surface area (TPSA) is 84.9 Å². The third kappa shape index (κ3) is 4.29. The lowest BCUT2D eigenvalue weighted by Gasteiger charge is -1.99. The number of nitrogens with two attached hydrogens (primary N) is 1. The van der Waals surface area contributed by atoms with Crippen LogP contribution >= 0.6 is 0 Å². The Morgan fingerprint density at radius 1 is 1.44 bits per heavy atom. The molecule has 0 radical (unpaired) electrons. The van der Waals surface area contributed by atoms with E-state index in [-0.39, 0.29) is 18.2 Å². The molecule has 0 spiro atoms. The van der Waals surface area contributed by atoms with Crippen molar-refractivity contribution in [1.29, 1.82) is 0 Å². The van der Waals surface area contributed by atoms with Gasteiger partial charge in [-0.2, -0.15) is 0 Å². The molecule has 0 fully saturated rings. The van der Waals surface area contributed by atoms with Gasteiger partial charge in [0, 0.05) is 5.56 Å². The van der Waals surface area contributed by atoms with Crippen molar-refractivity contribution in [3.63, 3.8) is 0 Å². The summed E-state index contributed by atoms with van der Waals surface area (Å²) in [5.41, 5.74) is 7.00. The number of hydrogen-bond acceptors (Lipinski definition) is 4. The molecule has 0 aromatic heterocycles. The standard InChI is InChI=1S/C13H16N2O3/c1-2-18-12(16)5-3-4-10-6-8-11(9-7-10)13(14)15-17/h3-4,6-9,17H,2,5H2,1H3,(H2,14,15). The highest BCUT2D eigenvalue weighted by atomic mass is 16.5. The van der Waals surface area contributed by atoms with Crippen LogP contribution in [0.4, 0.5) is 0 Å². The molecular weight excluding hydrogens is 232 g/mol. The first-order chi connectivity index (χ1) is 8.67. The van der Waals surface area contributed by atoms with E-state index >= 15 is 0 Å². The lowest BCUT2D eigenvalue weighted by atomic mass is 10.1. The molecular formula is C13H16N2O3. The van der Waals surface area contributed by atoms with Gasteiger partial charge in [-0.05, 0) is 12.5 Å². The van der Waals surface area contributed by atoms with Crippen LogP contribution in [0, 0.1) is 0 Å². The second-order valence-electron chi connectivity index (χ2n) is 3.52. The van der Waals surface area contributed by atoms with Crippen molar-refractivity contribution < 1.29 is 14.7 Å². The van der Waals surface area contributed by atoms with Gasteiger partial charge in [0.1, 0.15) is 0 Å². The number of carbonyl (C=O) groups excluding carboxylic acids is 1. The van der Waals surface area contributed by atoms with E-state index in [9.17, 15) is 4.79 Å². The first kappa shape index (κ1) is 13.8. The fraction of sp³-hybridized carbons (Fsp3) is 0.231. The van der Waals surface area contributed by atoms with E-state index in [1.165, 1.54) is 0 Å². The molecule has 0 aliphatic heterocycles. The molecule has 0 saturated carbocycles. The highest BCUT2D eigenvalue weighted by molar-refractivity contribution is 5.97. The summed E-state index contributed by atoms with van der Waals surface area (Å²) in [5.74, 6) is -0.181. The summed E-state index contributed by atoms with van der Waals surface area (Å²) in [6, 6.07) is 7.10. The summed E-state index contributed by atoms with van der Waals surface area (Å²) >= 11 is 0. The predicted octanol–water partition coefficient (Wildman–Crippen LogP) is 1.75. The lowest BCUT2D eigenvalue weighted by Crippen LogP contribution is -2.12. The molecule has 1 aromatic carbocycles. The fourth-order valence-electron chi connectivity index (χ4n) is 1.33. The zero-order chi connectivity index (χ0) is 13.4. The average Bonchev–Trinajstić information content (AvgIpc) is 2.39. The van der Waals surface area contributed by atoms with Gasteiger partial charge in [0.05, 0.1) is 13.0 Å². The largest absolute Gasteiger partial charge is 0.466 e. The third-order valence-electron chi connectivity index (χ3n) is 2.21. The maximum Gasteiger partial charge on any atom is 0.309 e. The van der Waals surface area contributed by atoms with Crippen LogP contribution in [0.15, 0.2) is 35.5 Å². The van der Waals surface area contributed by atoms with Gasteiger partial charge in [0.15, 0.2) is 5.84 Å². The fourth-order valence-corrected chi connectivity index (χ4v) is 1.33.